The van der Waals surface area contributed by atoms with Crippen molar-refractivity contribution in [3.05, 3.63) is 29.8 Å². The third kappa shape index (κ3) is 4.71. The fourth-order valence-electron chi connectivity index (χ4n) is 3.71. The lowest BCUT2D eigenvalue weighted by atomic mass is 10.1. The van der Waals surface area contributed by atoms with E-state index >= 15 is 0 Å². The van der Waals surface area contributed by atoms with Crippen LogP contribution in [0.3, 0.4) is 0 Å². The van der Waals surface area contributed by atoms with Gasteiger partial charge in [0.2, 0.25) is 0 Å². The van der Waals surface area contributed by atoms with Crippen LogP contribution in [0, 0.1) is 5.92 Å². The predicted octanol–water partition coefficient (Wildman–Crippen LogP) is 3.17. The zero-order valence-corrected chi connectivity index (χ0v) is 14.7. The minimum Gasteiger partial charge on any atom is -0.384 e. The lowest BCUT2D eigenvalue weighted by Gasteiger charge is -2.26. The molecule has 132 valence electrons. The summed E-state index contributed by atoms with van der Waals surface area (Å²) in [6.45, 7) is 5.68. The van der Waals surface area contributed by atoms with E-state index in [0.717, 1.165) is 38.3 Å². The Bertz CT molecular complexity index is 543. The number of anilines is 1. The van der Waals surface area contributed by atoms with Gasteiger partial charge < -0.3 is 15.0 Å². The van der Waals surface area contributed by atoms with Crippen LogP contribution in [0.4, 0.5) is 10.5 Å². The summed E-state index contributed by atoms with van der Waals surface area (Å²) in [5.41, 5.74) is 2.16. The minimum atomic E-state index is 0.00345. The van der Waals surface area contributed by atoms with Gasteiger partial charge in [-0.1, -0.05) is 18.6 Å². The highest BCUT2D eigenvalue weighted by molar-refractivity contribution is 5.89. The molecule has 2 heterocycles. The molecule has 0 aliphatic carbocycles. The molecule has 2 fully saturated rings. The number of likely N-dealkylation sites (tertiary alicyclic amines) is 2. The second kappa shape index (κ2) is 8.49. The maximum absolute atomic E-state index is 12.4. The number of urea groups is 1. The fraction of sp³-hybridized carbons (Fsp3) is 0.632. The number of amides is 2. The molecule has 2 saturated heterocycles. The van der Waals surface area contributed by atoms with Gasteiger partial charge in [-0.2, -0.15) is 0 Å². The quantitative estimate of drug-likeness (QED) is 0.901. The highest BCUT2D eigenvalue weighted by Crippen LogP contribution is 2.19. The number of rotatable bonds is 5. The van der Waals surface area contributed by atoms with E-state index in [0.29, 0.717) is 5.92 Å². The second-order valence-electron chi connectivity index (χ2n) is 7.02. The van der Waals surface area contributed by atoms with Crippen molar-refractivity contribution in [2.24, 2.45) is 5.92 Å². The molecule has 0 aromatic heterocycles. The van der Waals surface area contributed by atoms with Crippen molar-refractivity contribution >= 4 is 11.7 Å². The zero-order chi connectivity index (χ0) is 16.8. The van der Waals surface area contributed by atoms with Crippen molar-refractivity contribution in [3.8, 4) is 0 Å². The predicted molar refractivity (Wildman–Crippen MR) is 96.1 cm³/mol. The Morgan fingerprint density at radius 2 is 2.08 bits per heavy atom. The van der Waals surface area contributed by atoms with Gasteiger partial charge in [0.15, 0.2) is 0 Å². The Hall–Kier alpha value is -1.59. The molecule has 1 atom stereocenters. The Labute approximate surface area is 145 Å². The van der Waals surface area contributed by atoms with Gasteiger partial charge in [-0.25, -0.2) is 4.79 Å². The maximum atomic E-state index is 12.4. The smallest absolute Gasteiger partial charge is 0.321 e. The summed E-state index contributed by atoms with van der Waals surface area (Å²) >= 11 is 0. The molecule has 1 N–H and O–H groups in total. The minimum absolute atomic E-state index is 0.00345. The number of carbonyl (C=O) groups is 1. The van der Waals surface area contributed by atoms with Gasteiger partial charge in [-0.15, -0.1) is 0 Å². The molecule has 0 spiro atoms. The molecule has 3 rings (SSSR count). The van der Waals surface area contributed by atoms with Gasteiger partial charge >= 0.3 is 6.03 Å². The van der Waals surface area contributed by atoms with Crippen LogP contribution in [0.1, 0.15) is 31.2 Å². The van der Waals surface area contributed by atoms with Gasteiger partial charge in [-0.3, -0.25) is 4.90 Å². The Balaban J connectivity index is 1.53. The molecule has 5 heteroatoms. The molecule has 0 bridgehead atoms. The number of nitrogens with zero attached hydrogens (tertiary/aromatic N) is 2. The summed E-state index contributed by atoms with van der Waals surface area (Å²) in [4.78, 5) is 16.8. The summed E-state index contributed by atoms with van der Waals surface area (Å²) in [6, 6.07) is 8.26. The molecule has 0 radical (unpaired) electrons. The molecular formula is C19H29N3O2. The number of benzene rings is 1. The summed E-state index contributed by atoms with van der Waals surface area (Å²) in [6.07, 6.45) is 4.98. The molecule has 2 amide bonds. The number of hydrogen-bond acceptors (Lipinski definition) is 3. The van der Waals surface area contributed by atoms with Crippen LogP contribution in [0.15, 0.2) is 24.3 Å². The molecular weight excluding hydrogens is 302 g/mol. The monoisotopic (exact) mass is 331 g/mol. The van der Waals surface area contributed by atoms with E-state index in [9.17, 15) is 4.79 Å². The summed E-state index contributed by atoms with van der Waals surface area (Å²) in [5, 5.41) is 3.05. The first-order valence-corrected chi connectivity index (χ1v) is 9.11. The van der Waals surface area contributed by atoms with Gasteiger partial charge in [0.1, 0.15) is 0 Å². The largest absolute Gasteiger partial charge is 0.384 e. The average Bonchev–Trinajstić information content (AvgIpc) is 3.05. The summed E-state index contributed by atoms with van der Waals surface area (Å²) in [5.74, 6) is 0.464. The van der Waals surface area contributed by atoms with Crippen LogP contribution >= 0.6 is 0 Å². The third-order valence-corrected chi connectivity index (χ3v) is 5.01. The highest BCUT2D eigenvalue weighted by atomic mass is 16.5. The van der Waals surface area contributed by atoms with Crippen molar-refractivity contribution < 1.29 is 9.53 Å². The van der Waals surface area contributed by atoms with Crippen molar-refractivity contribution in [1.82, 2.24) is 9.80 Å². The number of carbonyl (C=O) groups excluding carboxylic acids is 1. The van der Waals surface area contributed by atoms with Crippen LogP contribution in [0.25, 0.3) is 0 Å². The Morgan fingerprint density at radius 1 is 1.25 bits per heavy atom. The van der Waals surface area contributed by atoms with Gasteiger partial charge in [0, 0.05) is 38.3 Å². The van der Waals surface area contributed by atoms with Gasteiger partial charge in [-0.05, 0) is 50.0 Å². The average molecular weight is 331 g/mol. The van der Waals surface area contributed by atoms with Crippen LogP contribution < -0.4 is 5.32 Å². The number of piperidine rings is 1. The topological polar surface area (TPSA) is 44.8 Å². The van der Waals surface area contributed by atoms with Crippen molar-refractivity contribution in [2.75, 3.05) is 45.2 Å². The fourth-order valence-corrected chi connectivity index (χ4v) is 3.71. The number of nitrogens with one attached hydrogen (secondary N) is 1. The molecule has 5 nitrogen and oxygen atoms in total. The number of methoxy groups -OCH3 is 1. The van der Waals surface area contributed by atoms with Crippen LogP contribution in [-0.2, 0) is 11.3 Å². The molecule has 2 aliphatic heterocycles. The third-order valence-electron chi connectivity index (χ3n) is 5.01. The first-order valence-electron chi connectivity index (χ1n) is 9.11. The van der Waals surface area contributed by atoms with Crippen LogP contribution in [-0.4, -0.2) is 55.7 Å². The van der Waals surface area contributed by atoms with E-state index in [-0.39, 0.29) is 6.03 Å². The van der Waals surface area contributed by atoms with Crippen molar-refractivity contribution in [2.45, 2.75) is 32.2 Å². The van der Waals surface area contributed by atoms with Crippen LogP contribution in [0.5, 0.6) is 0 Å². The first kappa shape index (κ1) is 17.2. The van der Waals surface area contributed by atoms with E-state index < -0.39 is 0 Å². The Kier molecular flexibility index (Phi) is 6.10. The standard InChI is InChI=1S/C19H29N3O2/c1-24-15-17-8-11-22(14-17)19(23)20-18-7-5-6-16(12-18)13-21-9-3-2-4-10-21/h5-7,12,17H,2-4,8-11,13-15H2,1H3,(H,20,23)/t17-/m1/s1. The molecule has 2 aliphatic rings. The van der Waals surface area contributed by atoms with E-state index in [1.54, 1.807) is 7.11 Å². The molecule has 0 unspecified atom stereocenters. The highest BCUT2D eigenvalue weighted by Gasteiger charge is 2.26. The normalized spacial score (nSPS) is 21.9. The van der Waals surface area contributed by atoms with Crippen LogP contribution in [0.2, 0.25) is 0 Å². The number of ether oxygens (including phenoxy) is 1. The summed E-state index contributed by atoms with van der Waals surface area (Å²) < 4.78 is 5.20. The van der Waals surface area contributed by atoms with Gasteiger partial charge in [0.25, 0.3) is 0 Å². The zero-order valence-electron chi connectivity index (χ0n) is 14.7. The van der Waals surface area contributed by atoms with E-state index in [4.69, 9.17) is 4.74 Å². The van der Waals surface area contributed by atoms with E-state index in [1.807, 2.05) is 17.0 Å². The molecule has 1 aromatic rings. The SMILES string of the molecule is COC[C@@H]1CCN(C(=O)Nc2cccc(CN3CCCCC3)c2)C1. The van der Waals surface area contributed by atoms with E-state index in [2.05, 4.69) is 22.3 Å². The Morgan fingerprint density at radius 3 is 2.88 bits per heavy atom. The molecule has 1 aromatic carbocycles. The molecule has 24 heavy (non-hydrogen) atoms. The second-order valence-corrected chi connectivity index (χ2v) is 7.02. The first-order chi connectivity index (χ1) is 11.7. The molecule has 0 saturated carbocycles. The number of hydrogen-bond donors (Lipinski definition) is 1. The van der Waals surface area contributed by atoms with Crippen molar-refractivity contribution in [1.29, 1.82) is 0 Å². The lowest BCUT2D eigenvalue weighted by Crippen LogP contribution is -2.33. The summed E-state index contributed by atoms with van der Waals surface area (Å²) in [7, 11) is 1.72. The lowest BCUT2D eigenvalue weighted by molar-refractivity contribution is 0.154. The van der Waals surface area contributed by atoms with Gasteiger partial charge in [0.05, 0.1) is 6.61 Å². The maximum Gasteiger partial charge on any atom is 0.321 e. The van der Waals surface area contributed by atoms with E-state index in [1.165, 1.54) is 37.9 Å². The van der Waals surface area contributed by atoms with Crippen molar-refractivity contribution in [3.63, 3.8) is 0 Å².